The van der Waals surface area contributed by atoms with Crippen molar-refractivity contribution in [1.82, 2.24) is 44.9 Å². The number of rotatable bonds is 11. The van der Waals surface area contributed by atoms with Gasteiger partial charge < -0.3 is 0 Å². The predicted molar refractivity (Wildman–Crippen MR) is 478 cm³/mol. The van der Waals surface area contributed by atoms with Crippen molar-refractivity contribution in [3.8, 4) is 147 Å². The largest absolute Gasteiger partial charge is 0.208 e. The van der Waals surface area contributed by atoms with Gasteiger partial charge in [-0.25, -0.2) is 44.9 Å². The minimum atomic E-state index is -0.292. The molecular weight excluding hydrogens is 1460 g/mol. The molecule has 0 radical (unpaired) electrons. The van der Waals surface area contributed by atoms with E-state index in [1.54, 1.807) is 34.0 Å². The average Bonchev–Trinajstić information content (AvgIpc) is 1.57. The highest BCUT2D eigenvalue weighted by Gasteiger charge is 2.38. The van der Waals surface area contributed by atoms with Crippen LogP contribution in [0.4, 0.5) is 0 Å². The second kappa shape index (κ2) is 25.9. The van der Waals surface area contributed by atoms with Crippen LogP contribution < -0.4 is 0 Å². The van der Waals surface area contributed by atoms with Crippen LogP contribution in [0, 0.1) is 0 Å². The minimum absolute atomic E-state index is 0.199. The second-order valence-corrected chi connectivity index (χ2v) is 34.4. The Bertz CT molecular complexity index is 7670. The molecule has 6 aromatic heterocycles. The third-order valence-electron chi connectivity index (χ3n) is 23.7. The Morgan fingerprint density at radius 3 is 1.17 bits per heavy atom. The van der Waals surface area contributed by atoms with Crippen molar-refractivity contribution in [3.05, 3.63) is 344 Å². The van der Waals surface area contributed by atoms with Crippen LogP contribution in [0.5, 0.6) is 0 Å². The number of hydrogen-bond acceptors (Lipinski definition) is 12. The molecule has 0 amide bonds. The fourth-order valence-corrected chi connectivity index (χ4v) is 21.2. The Balaban J connectivity index is 0.587. The molecule has 0 N–H and O–H groups in total. The van der Waals surface area contributed by atoms with Gasteiger partial charge in [-0.3, -0.25) is 0 Å². The quantitative estimate of drug-likeness (QED) is 0.125. The Labute approximate surface area is 674 Å². The summed E-state index contributed by atoms with van der Waals surface area (Å²) < 4.78 is 7.14. The maximum Gasteiger partial charge on any atom is 0.165 e. The minimum Gasteiger partial charge on any atom is -0.208 e. The summed E-state index contributed by atoms with van der Waals surface area (Å²) in [4.78, 5) is 47.9. The molecule has 21 aromatic rings. The lowest BCUT2D eigenvalue weighted by Crippen LogP contribution is -2.15. The first-order valence-corrected chi connectivity index (χ1v) is 41.2. The molecule has 23 rings (SSSR count). The van der Waals surface area contributed by atoms with E-state index < -0.39 is 0 Å². The van der Waals surface area contributed by atoms with Crippen LogP contribution in [0.15, 0.2) is 322 Å². The Hall–Kier alpha value is -13.8. The van der Waals surface area contributed by atoms with Crippen LogP contribution in [0.2, 0.25) is 0 Å². The summed E-state index contributed by atoms with van der Waals surface area (Å²) in [6.45, 7) is 9.29. The third-order valence-corrected chi connectivity index (χ3v) is 27.2. The fourth-order valence-electron chi connectivity index (χ4n) is 17.7. The van der Waals surface area contributed by atoms with E-state index in [1.807, 2.05) is 36.4 Å². The Kier molecular flexibility index (Phi) is 15.1. The van der Waals surface area contributed by atoms with E-state index in [4.69, 9.17) is 44.9 Å². The van der Waals surface area contributed by atoms with Crippen molar-refractivity contribution >= 4 is 105 Å². The second-order valence-electron chi connectivity index (χ2n) is 31.2. The molecule has 0 bridgehead atoms. The zero-order valence-electron chi connectivity index (χ0n) is 62.8. The van der Waals surface area contributed by atoms with Crippen LogP contribution in [-0.4, -0.2) is 44.9 Å². The lowest BCUT2D eigenvalue weighted by Gasteiger charge is -2.22. The standard InChI is InChI=1S/C103H65N9S3/c1-102(2)83-30-15-11-24-71(83)72-46-42-67(55-85(72)102)97-106-95(107-99(108-97)69-44-48-77-74-25-12-16-31-87(74)113-90(77)57-69)61-36-34-58(35-37-61)70-53-81-76-27-14-18-33-89(76)115-92(81)82(54-70)101-110-94(60-22-9-6-10-23-60)104-96(112-101)66-41-40-62-50-63(38-39-64(62)51-66)65-45-49-84-80(52-65)73-47-43-68(56-86(73)103(84,3)4)98-105-93(59-20-7-5-8-21-59)109-100(111-98)79-29-19-28-78-75-26-13-17-32-88(75)114-91(78)79/h5-57H,1-4H3. The molecule has 0 aliphatic heterocycles. The molecule has 12 heteroatoms. The van der Waals surface area contributed by atoms with Gasteiger partial charge in [0.1, 0.15) is 0 Å². The highest BCUT2D eigenvalue weighted by molar-refractivity contribution is 7.27. The van der Waals surface area contributed by atoms with Crippen LogP contribution in [0.3, 0.4) is 0 Å². The number of nitrogens with zero attached hydrogens (tertiary/aromatic N) is 9. The van der Waals surface area contributed by atoms with Gasteiger partial charge in [0.05, 0.1) is 0 Å². The maximum atomic E-state index is 5.50. The molecule has 0 unspecified atom stereocenters. The molecule has 0 spiro atoms. The third kappa shape index (κ3) is 11.0. The molecule has 9 nitrogen and oxygen atoms in total. The lowest BCUT2D eigenvalue weighted by molar-refractivity contribution is 0.660. The summed E-state index contributed by atoms with van der Waals surface area (Å²) in [5.74, 6) is 5.58. The van der Waals surface area contributed by atoms with Gasteiger partial charge in [-0.1, -0.05) is 276 Å². The topological polar surface area (TPSA) is 116 Å². The highest BCUT2D eigenvalue weighted by Crippen LogP contribution is 2.53. The zero-order chi connectivity index (χ0) is 76.4. The van der Waals surface area contributed by atoms with Gasteiger partial charge in [0.15, 0.2) is 52.4 Å². The molecule has 0 fully saturated rings. The van der Waals surface area contributed by atoms with Crippen molar-refractivity contribution in [2.45, 2.75) is 38.5 Å². The van der Waals surface area contributed by atoms with Crippen LogP contribution >= 0.6 is 34.0 Å². The lowest BCUT2D eigenvalue weighted by atomic mass is 9.81. The maximum absolute atomic E-state index is 5.50. The van der Waals surface area contributed by atoms with Crippen molar-refractivity contribution in [2.24, 2.45) is 0 Å². The summed E-state index contributed by atoms with van der Waals surface area (Å²) in [7, 11) is 0. The van der Waals surface area contributed by atoms with Crippen molar-refractivity contribution in [2.75, 3.05) is 0 Å². The van der Waals surface area contributed by atoms with Crippen LogP contribution in [0.25, 0.3) is 218 Å². The first-order chi connectivity index (χ1) is 56.4. The van der Waals surface area contributed by atoms with Gasteiger partial charge in [0.2, 0.25) is 0 Å². The summed E-state index contributed by atoms with van der Waals surface area (Å²) >= 11 is 5.35. The van der Waals surface area contributed by atoms with E-state index in [0.717, 1.165) is 93.2 Å². The van der Waals surface area contributed by atoms with Crippen LogP contribution in [-0.2, 0) is 10.8 Å². The van der Waals surface area contributed by atoms with E-state index in [9.17, 15) is 0 Å². The Morgan fingerprint density at radius 2 is 0.548 bits per heavy atom. The summed E-state index contributed by atoms with van der Waals surface area (Å²) in [5, 5.41) is 9.43. The van der Waals surface area contributed by atoms with E-state index in [0.29, 0.717) is 52.4 Å². The fraction of sp³-hybridized carbons (Fsp3) is 0.0583. The first-order valence-electron chi connectivity index (χ1n) is 38.8. The van der Waals surface area contributed by atoms with E-state index in [2.05, 4.69) is 313 Å². The molecule has 0 saturated heterocycles. The summed E-state index contributed by atoms with van der Waals surface area (Å²) in [5.41, 5.74) is 22.3. The van der Waals surface area contributed by atoms with Crippen molar-refractivity contribution in [3.63, 3.8) is 0 Å². The van der Waals surface area contributed by atoms with E-state index in [1.165, 1.54) is 94.9 Å². The predicted octanol–water partition coefficient (Wildman–Crippen LogP) is 27.4. The smallest absolute Gasteiger partial charge is 0.165 e. The molecule has 540 valence electrons. The van der Waals surface area contributed by atoms with Crippen molar-refractivity contribution < 1.29 is 0 Å². The van der Waals surface area contributed by atoms with Crippen molar-refractivity contribution in [1.29, 1.82) is 0 Å². The van der Waals surface area contributed by atoms with Gasteiger partial charge in [0, 0.05) is 121 Å². The monoisotopic (exact) mass is 1520 g/mol. The number of thiophene rings is 3. The van der Waals surface area contributed by atoms with Gasteiger partial charge in [-0.15, -0.1) is 34.0 Å². The molecule has 15 aromatic carbocycles. The van der Waals surface area contributed by atoms with Gasteiger partial charge in [0.25, 0.3) is 0 Å². The molecule has 0 saturated carbocycles. The van der Waals surface area contributed by atoms with Gasteiger partial charge in [-0.05, 0) is 150 Å². The molecule has 0 atom stereocenters. The molecular formula is C103H65N9S3. The zero-order valence-corrected chi connectivity index (χ0v) is 65.3. The molecule has 115 heavy (non-hydrogen) atoms. The molecule has 2 aliphatic carbocycles. The molecule has 2 aliphatic rings. The summed E-state index contributed by atoms with van der Waals surface area (Å²) in [6, 6.07) is 115. The number of benzene rings is 15. The number of hydrogen-bond donors (Lipinski definition) is 0. The van der Waals surface area contributed by atoms with E-state index >= 15 is 0 Å². The number of aromatic nitrogens is 9. The van der Waals surface area contributed by atoms with Gasteiger partial charge >= 0.3 is 0 Å². The SMILES string of the molecule is CC1(C)c2ccccc2-c2ccc(-c3nc(-c4ccc(-c5cc(-c6nc(-c7ccccc7)nc(-c7ccc8cc(-c9ccc%10c(c9)-c9ccc(-c%11nc(-c%12ccccc%12)nc(-c%12cccc%13c%12sc%12ccccc%12%13)n%11)cc9C%10(C)C)ccc8c7)n6)c6sc7ccccc7c6c5)cc4)nc(-c4ccc5c(c4)sc4ccccc45)n3)cc21. The molecule has 6 heterocycles. The first kappa shape index (κ1) is 67.0. The summed E-state index contributed by atoms with van der Waals surface area (Å²) in [6.07, 6.45) is 0. The highest BCUT2D eigenvalue weighted by atomic mass is 32.1. The average molecular weight is 1520 g/mol. The van der Waals surface area contributed by atoms with E-state index in [-0.39, 0.29) is 10.8 Å². The van der Waals surface area contributed by atoms with Gasteiger partial charge in [-0.2, -0.15) is 0 Å². The Morgan fingerprint density at radius 1 is 0.183 bits per heavy atom. The number of fused-ring (bicyclic) bond motifs is 16. The normalized spacial score (nSPS) is 13.2. The van der Waals surface area contributed by atoms with Crippen LogP contribution in [0.1, 0.15) is 49.9 Å².